The molecule has 1 N–H and O–H groups in total. The number of guanidine groups is 1. The Morgan fingerprint density at radius 3 is 2.93 bits per heavy atom. The van der Waals surface area contributed by atoms with Gasteiger partial charge in [-0.15, -0.1) is 0 Å². The Hall–Kier alpha value is -1.91. The Kier molecular flexibility index (Phi) is 2.92. The second-order valence-electron chi connectivity index (χ2n) is 3.18. The highest BCUT2D eigenvalue weighted by atomic mass is 15.5. The number of nitrogens with one attached hydrogen (secondary N) is 1. The number of rotatable bonds is 2. The van der Waals surface area contributed by atoms with Crippen molar-refractivity contribution in [2.45, 2.75) is 0 Å². The molecule has 0 atom stereocenters. The molecule has 1 aromatic rings. The van der Waals surface area contributed by atoms with E-state index in [1.54, 1.807) is 23.6 Å². The maximum absolute atomic E-state index is 4.26. The standard InChI is InChI=1S/C10H13N5/c1-15(10-12-6-7-13-10)14-8-9-2-4-11-5-3-9/h2-5,8H,6-7H2,1H3,(H,12,13)/b14-8+. The van der Waals surface area contributed by atoms with Crippen LogP contribution in [0.2, 0.25) is 0 Å². The van der Waals surface area contributed by atoms with Gasteiger partial charge in [0.1, 0.15) is 0 Å². The Morgan fingerprint density at radius 2 is 2.27 bits per heavy atom. The van der Waals surface area contributed by atoms with Crippen molar-refractivity contribution in [3.05, 3.63) is 30.1 Å². The molecular formula is C10H13N5. The van der Waals surface area contributed by atoms with Crippen LogP contribution in [0, 0.1) is 0 Å². The summed E-state index contributed by atoms with van der Waals surface area (Å²) in [4.78, 5) is 8.19. The maximum atomic E-state index is 4.26. The van der Waals surface area contributed by atoms with E-state index in [0.717, 1.165) is 24.6 Å². The van der Waals surface area contributed by atoms with Crippen LogP contribution in [0.15, 0.2) is 34.6 Å². The number of nitrogens with zero attached hydrogens (tertiary/aromatic N) is 4. The second kappa shape index (κ2) is 4.54. The third-order valence-corrected chi connectivity index (χ3v) is 2.05. The molecule has 0 radical (unpaired) electrons. The molecule has 0 saturated heterocycles. The largest absolute Gasteiger partial charge is 0.353 e. The van der Waals surface area contributed by atoms with E-state index in [0.29, 0.717) is 0 Å². The number of hydrazone groups is 1. The van der Waals surface area contributed by atoms with Gasteiger partial charge < -0.3 is 5.32 Å². The van der Waals surface area contributed by atoms with Crippen LogP contribution in [-0.2, 0) is 0 Å². The third-order valence-electron chi connectivity index (χ3n) is 2.05. The van der Waals surface area contributed by atoms with Crippen molar-refractivity contribution in [3.63, 3.8) is 0 Å². The Balaban J connectivity index is 1.99. The van der Waals surface area contributed by atoms with E-state index in [1.165, 1.54) is 0 Å². The van der Waals surface area contributed by atoms with E-state index < -0.39 is 0 Å². The highest BCUT2D eigenvalue weighted by Gasteiger charge is 2.07. The fourth-order valence-corrected chi connectivity index (χ4v) is 1.26. The molecule has 0 bridgehead atoms. The van der Waals surface area contributed by atoms with Crippen LogP contribution in [-0.4, -0.2) is 42.3 Å². The molecule has 0 saturated carbocycles. The highest BCUT2D eigenvalue weighted by Crippen LogP contribution is 1.95. The molecule has 5 nitrogen and oxygen atoms in total. The summed E-state index contributed by atoms with van der Waals surface area (Å²) < 4.78 is 0. The lowest BCUT2D eigenvalue weighted by Crippen LogP contribution is -2.32. The average Bonchev–Trinajstić information content (AvgIpc) is 2.81. The van der Waals surface area contributed by atoms with Crippen LogP contribution in [0.25, 0.3) is 0 Å². The number of aromatic nitrogens is 1. The molecule has 2 heterocycles. The normalized spacial score (nSPS) is 15.1. The van der Waals surface area contributed by atoms with Crippen molar-refractivity contribution >= 4 is 12.2 Å². The Bertz CT molecular complexity index is 371. The van der Waals surface area contributed by atoms with Crippen LogP contribution >= 0.6 is 0 Å². The SMILES string of the molecule is CN(/N=C/c1ccncc1)C1=NCCN1. The van der Waals surface area contributed by atoms with E-state index in [4.69, 9.17) is 0 Å². The molecule has 78 valence electrons. The molecule has 0 fully saturated rings. The smallest absolute Gasteiger partial charge is 0.214 e. The van der Waals surface area contributed by atoms with Crippen molar-refractivity contribution in [3.8, 4) is 0 Å². The Morgan fingerprint density at radius 1 is 1.47 bits per heavy atom. The predicted molar refractivity (Wildman–Crippen MR) is 59.9 cm³/mol. The van der Waals surface area contributed by atoms with Gasteiger partial charge in [0, 0.05) is 26.0 Å². The first-order valence-electron chi connectivity index (χ1n) is 4.82. The van der Waals surface area contributed by atoms with Crippen molar-refractivity contribution in [2.75, 3.05) is 20.1 Å². The highest BCUT2D eigenvalue weighted by molar-refractivity contribution is 5.84. The minimum absolute atomic E-state index is 0.820. The summed E-state index contributed by atoms with van der Waals surface area (Å²) >= 11 is 0. The molecule has 5 heteroatoms. The van der Waals surface area contributed by atoms with E-state index in [1.807, 2.05) is 19.2 Å². The second-order valence-corrected chi connectivity index (χ2v) is 3.18. The summed E-state index contributed by atoms with van der Waals surface area (Å²) in [6.07, 6.45) is 5.27. The summed E-state index contributed by atoms with van der Waals surface area (Å²) in [5, 5.41) is 9.14. The third kappa shape index (κ3) is 2.52. The van der Waals surface area contributed by atoms with Gasteiger partial charge in [-0.25, -0.2) is 10.0 Å². The fourth-order valence-electron chi connectivity index (χ4n) is 1.26. The van der Waals surface area contributed by atoms with Crippen molar-refractivity contribution in [1.82, 2.24) is 15.3 Å². The van der Waals surface area contributed by atoms with Gasteiger partial charge in [-0.2, -0.15) is 5.10 Å². The fraction of sp³-hybridized carbons (Fsp3) is 0.300. The molecular weight excluding hydrogens is 190 g/mol. The van der Waals surface area contributed by atoms with Gasteiger partial charge in [0.2, 0.25) is 5.96 Å². The number of hydrogen-bond acceptors (Lipinski definition) is 5. The zero-order chi connectivity index (χ0) is 10.5. The summed E-state index contributed by atoms with van der Waals surface area (Å²) in [6.45, 7) is 1.72. The van der Waals surface area contributed by atoms with Gasteiger partial charge in [-0.1, -0.05) is 0 Å². The molecule has 0 unspecified atom stereocenters. The van der Waals surface area contributed by atoms with Crippen molar-refractivity contribution in [2.24, 2.45) is 10.1 Å². The molecule has 0 aromatic carbocycles. The van der Waals surface area contributed by atoms with Gasteiger partial charge in [0.25, 0.3) is 0 Å². The summed E-state index contributed by atoms with van der Waals surface area (Å²) in [5.74, 6) is 0.820. The topological polar surface area (TPSA) is 52.9 Å². The zero-order valence-electron chi connectivity index (χ0n) is 8.59. The first-order valence-corrected chi connectivity index (χ1v) is 4.82. The minimum Gasteiger partial charge on any atom is -0.353 e. The van der Waals surface area contributed by atoms with Gasteiger partial charge >= 0.3 is 0 Å². The summed E-state index contributed by atoms with van der Waals surface area (Å²) in [5.41, 5.74) is 1.02. The molecule has 15 heavy (non-hydrogen) atoms. The maximum Gasteiger partial charge on any atom is 0.214 e. The van der Waals surface area contributed by atoms with E-state index >= 15 is 0 Å². The molecule has 1 aliphatic rings. The molecule has 1 aliphatic heterocycles. The quantitative estimate of drug-likeness (QED) is 0.556. The first-order chi connectivity index (χ1) is 7.36. The van der Waals surface area contributed by atoms with E-state index in [2.05, 4.69) is 20.4 Å². The lowest BCUT2D eigenvalue weighted by molar-refractivity contribution is 0.530. The minimum atomic E-state index is 0.820. The zero-order valence-corrected chi connectivity index (χ0v) is 8.59. The molecule has 0 amide bonds. The molecule has 0 aliphatic carbocycles. The van der Waals surface area contributed by atoms with Crippen LogP contribution in [0.4, 0.5) is 0 Å². The van der Waals surface area contributed by atoms with Crippen LogP contribution in [0.1, 0.15) is 5.56 Å². The van der Waals surface area contributed by atoms with Crippen molar-refractivity contribution < 1.29 is 0 Å². The molecule has 0 spiro atoms. The summed E-state index contributed by atoms with van der Waals surface area (Å²) in [7, 11) is 1.87. The number of hydrogen-bond donors (Lipinski definition) is 1. The van der Waals surface area contributed by atoms with Gasteiger partial charge in [0.15, 0.2) is 0 Å². The van der Waals surface area contributed by atoms with E-state index in [-0.39, 0.29) is 0 Å². The number of pyridine rings is 1. The Labute approximate surface area is 88.5 Å². The van der Waals surface area contributed by atoms with Crippen LogP contribution < -0.4 is 5.32 Å². The summed E-state index contributed by atoms with van der Waals surface area (Å²) in [6, 6.07) is 3.81. The predicted octanol–water partition coefficient (Wildman–Crippen LogP) is 0.306. The van der Waals surface area contributed by atoms with Crippen LogP contribution in [0.3, 0.4) is 0 Å². The van der Waals surface area contributed by atoms with E-state index in [9.17, 15) is 0 Å². The molecule has 2 rings (SSSR count). The lowest BCUT2D eigenvalue weighted by atomic mass is 10.3. The monoisotopic (exact) mass is 203 g/mol. The first kappa shape index (κ1) is 9.64. The van der Waals surface area contributed by atoms with Crippen LogP contribution in [0.5, 0.6) is 0 Å². The van der Waals surface area contributed by atoms with Gasteiger partial charge in [-0.3, -0.25) is 4.98 Å². The van der Waals surface area contributed by atoms with Crippen molar-refractivity contribution in [1.29, 1.82) is 0 Å². The average molecular weight is 203 g/mol. The van der Waals surface area contributed by atoms with Gasteiger partial charge in [0.05, 0.1) is 12.8 Å². The molecule has 1 aromatic heterocycles. The van der Waals surface area contributed by atoms with Gasteiger partial charge in [-0.05, 0) is 17.7 Å². The number of aliphatic imine (C=N–C) groups is 1. The lowest BCUT2D eigenvalue weighted by Gasteiger charge is -2.11.